The number of nitrogens with two attached hydrogens (primary N) is 1. The van der Waals surface area contributed by atoms with Crippen molar-refractivity contribution in [3.8, 4) is 22.7 Å². The minimum Gasteiger partial charge on any atom is -0.389 e. The molecule has 34 heavy (non-hydrogen) atoms. The number of pyridine rings is 1. The second kappa shape index (κ2) is 9.30. The zero-order valence-electron chi connectivity index (χ0n) is 19.9. The lowest BCUT2D eigenvalue weighted by Gasteiger charge is -2.26. The van der Waals surface area contributed by atoms with Gasteiger partial charge in [0, 0.05) is 30.4 Å². The molecule has 4 rings (SSSR count). The summed E-state index contributed by atoms with van der Waals surface area (Å²) in [5.41, 5.74) is 7.48. The van der Waals surface area contributed by atoms with Crippen molar-refractivity contribution in [3.05, 3.63) is 54.5 Å². The molecule has 4 aromatic heterocycles. The fourth-order valence-electron chi connectivity index (χ4n) is 3.80. The summed E-state index contributed by atoms with van der Waals surface area (Å²) in [6.07, 6.45) is 11.5. The van der Waals surface area contributed by atoms with Crippen LogP contribution in [0.4, 0.5) is 5.95 Å². The van der Waals surface area contributed by atoms with E-state index in [0.717, 1.165) is 36.1 Å². The molecule has 4 heterocycles. The largest absolute Gasteiger partial charge is 0.389 e. The molecule has 0 spiro atoms. The number of rotatable bonds is 9. The molecule has 0 saturated carbocycles. The van der Waals surface area contributed by atoms with Crippen LogP contribution in [0.1, 0.15) is 58.3 Å². The highest BCUT2D eigenvalue weighted by Crippen LogP contribution is 2.36. The summed E-state index contributed by atoms with van der Waals surface area (Å²) in [7, 11) is 0. The molecule has 10 nitrogen and oxygen atoms in total. The Hall–Kier alpha value is -3.66. The van der Waals surface area contributed by atoms with E-state index in [1.165, 1.54) is 0 Å². The Labute approximate surface area is 198 Å². The van der Waals surface area contributed by atoms with Crippen LogP contribution < -0.4 is 5.73 Å². The fraction of sp³-hybridized carbons (Fsp3) is 0.417. The van der Waals surface area contributed by atoms with Gasteiger partial charge in [-0.2, -0.15) is 10.1 Å². The van der Waals surface area contributed by atoms with Gasteiger partial charge >= 0.3 is 0 Å². The van der Waals surface area contributed by atoms with Gasteiger partial charge in [0.15, 0.2) is 5.82 Å². The van der Waals surface area contributed by atoms with Gasteiger partial charge in [0.1, 0.15) is 0 Å². The molecular formula is C24H30N8O2. The van der Waals surface area contributed by atoms with Crippen LogP contribution >= 0.6 is 0 Å². The first-order valence-corrected chi connectivity index (χ1v) is 11.3. The van der Waals surface area contributed by atoms with E-state index in [1.807, 2.05) is 18.3 Å². The molecule has 0 aliphatic rings. The second-order valence-corrected chi connectivity index (χ2v) is 9.36. The van der Waals surface area contributed by atoms with Gasteiger partial charge in [-0.1, -0.05) is 31.0 Å². The summed E-state index contributed by atoms with van der Waals surface area (Å²) in [5, 5.41) is 18.7. The average molecular weight is 463 g/mol. The predicted molar refractivity (Wildman–Crippen MR) is 127 cm³/mol. The number of anilines is 1. The third-order valence-corrected chi connectivity index (χ3v) is 5.75. The molecule has 0 aromatic carbocycles. The molecule has 1 atom stereocenters. The summed E-state index contributed by atoms with van der Waals surface area (Å²) in [5.74, 6) is 1.21. The molecule has 0 fully saturated rings. The summed E-state index contributed by atoms with van der Waals surface area (Å²) in [6.45, 7) is 8.09. The molecule has 0 amide bonds. The van der Waals surface area contributed by atoms with E-state index in [4.69, 9.17) is 15.2 Å². The highest BCUT2D eigenvalue weighted by molar-refractivity contribution is 5.57. The van der Waals surface area contributed by atoms with E-state index in [1.54, 1.807) is 43.3 Å². The number of hydrogen-bond acceptors (Lipinski definition) is 9. The van der Waals surface area contributed by atoms with Crippen LogP contribution in [-0.2, 0) is 12.0 Å². The van der Waals surface area contributed by atoms with E-state index in [-0.39, 0.29) is 5.95 Å². The van der Waals surface area contributed by atoms with Crippen LogP contribution in [0.25, 0.3) is 22.7 Å². The van der Waals surface area contributed by atoms with Crippen LogP contribution in [0, 0.1) is 0 Å². The van der Waals surface area contributed by atoms with Gasteiger partial charge in [-0.3, -0.25) is 9.67 Å². The number of nitrogens with zero attached hydrogens (tertiary/aromatic N) is 7. The Morgan fingerprint density at radius 2 is 1.79 bits per heavy atom. The Morgan fingerprint density at radius 1 is 1.03 bits per heavy atom. The van der Waals surface area contributed by atoms with Crippen LogP contribution in [0.5, 0.6) is 0 Å². The second-order valence-electron chi connectivity index (χ2n) is 9.36. The first-order valence-electron chi connectivity index (χ1n) is 11.3. The van der Waals surface area contributed by atoms with Crippen LogP contribution in [0.15, 0.2) is 47.6 Å². The highest BCUT2D eigenvalue weighted by Gasteiger charge is 2.34. The zero-order chi connectivity index (χ0) is 24.3. The van der Waals surface area contributed by atoms with Crippen molar-refractivity contribution in [2.45, 2.75) is 64.5 Å². The third kappa shape index (κ3) is 5.12. The van der Waals surface area contributed by atoms with Gasteiger partial charge in [0.25, 0.3) is 5.89 Å². The van der Waals surface area contributed by atoms with Gasteiger partial charge in [0.2, 0.25) is 5.95 Å². The standard InChI is InChI=1S/C24H30N8O2/c1-5-6-9-24(4,18-7-8-19(26-13-18)16-10-27-22(25)28-11-16)21-30-20(34-31-21)17-12-29-32(14-17)15-23(2,3)33/h7-8,10-14,33H,5-6,9,15H2,1-4H3,(H2,25,27,28)/t24-/m1/s1. The maximum absolute atomic E-state index is 10.0. The molecule has 0 unspecified atom stereocenters. The lowest BCUT2D eigenvalue weighted by molar-refractivity contribution is 0.0577. The molecular weight excluding hydrogens is 432 g/mol. The number of aromatic nitrogens is 7. The van der Waals surface area contributed by atoms with Crippen molar-refractivity contribution in [2.24, 2.45) is 0 Å². The van der Waals surface area contributed by atoms with Gasteiger partial charge < -0.3 is 15.4 Å². The summed E-state index contributed by atoms with van der Waals surface area (Å²) in [4.78, 5) is 17.4. The van der Waals surface area contributed by atoms with E-state index in [9.17, 15) is 5.11 Å². The fourth-order valence-corrected chi connectivity index (χ4v) is 3.80. The number of hydrogen-bond donors (Lipinski definition) is 2. The van der Waals surface area contributed by atoms with E-state index < -0.39 is 11.0 Å². The molecule has 0 radical (unpaired) electrons. The molecule has 0 bridgehead atoms. The maximum Gasteiger partial charge on any atom is 0.261 e. The van der Waals surface area contributed by atoms with Crippen molar-refractivity contribution in [1.82, 2.24) is 34.9 Å². The van der Waals surface area contributed by atoms with Gasteiger partial charge in [0.05, 0.1) is 35.0 Å². The minimum atomic E-state index is -0.875. The summed E-state index contributed by atoms with van der Waals surface area (Å²) in [6, 6.07) is 3.97. The zero-order valence-corrected chi connectivity index (χ0v) is 19.9. The maximum atomic E-state index is 10.0. The molecule has 4 aromatic rings. The average Bonchev–Trinajstić information content (AvgIpc) is 3.47. The van der Waals surface area contributed by atoms with Crippen LogP contribution in [-0.4, -0.2) is 45.6 Å². The van der Waals surface area contributed by atoms with Gasteiger partial charge in [-0.15, -0.1) is 0 Å². The Kier molecular flexibility index (Phi) is 6.43. The first-order chi connectivity index (χ1) is 16.2. The van der Waals surface area contributed by atoms with Crippen molar-refractivity contribution in [1.29, 1.82) is 0 Å². The Balaban J connectivity index is 1.63. The molecule has 0 saturated heterocycles. The third-order valence-electron chi connectivity index (χ3n) is 5.75. The SMILES string of the molecule is CCCC[C@](C)(c1ccc(-c2cnc(N)nc2)nc1)c1noc(-c2cnn(CC(C)(C)O)c2)n1. The molecule has 0 aliphatic carbocycles. The van der Waals surface area contributed by atoms with Crippen molar-refractivity contribution in [2.75, 3.05) is 5.73 Å². The summed E-state index contributed by atoms with van der Waals surface area (Å²) >= 11 is 0. The van der Waals surface area contributed by atoms with Crippen molar-refractivity contribution < 1.29 is 9.63 Å². The smallest absolute Gasteiger partial charge is 0.261 e. The van der Waals surface area contributed by atoms with Crippen molar-refractivity contribution in [3.63, 3.8) is 0 Å². The normalized spacial score (nSPS) is 13.7. The molecule has 10 heteroatoms. The van der Waals surface area contributed by atoms with Crippen molar-refractivity contribution >= 4 is 5.95 Å². The highest BCUT2D eigenvalue weighted by atomic mass is 16.5. The topological polar surface area (TPSA) is 142 Å². The van der Waals surface area contributed by atoms with Gasteiger partial charge in [-0.25, -0.2) is 9.97 Å². The lowest BCUT2D eigenvalue weighted by Crippen LogP contribution is -2.26. The minimum absolute atomic E-state index is 0.228. The lowest BCUT2D eigenvalue weighted by atomic mass is 9.78. The first kappa shape index (κ1) is 23.5. The van der Waals surface area contributed by atoms with Crippen LogP contribution in [0.2, 0.25) is 0 Å². The Morgan fingerprint density at radius 3 is 2.44 bits per heavy atom. The number of aliphatic hydroxyl groups is 1. The molecule has 178 valence electrons. The molecule has 3 N–H and O–H groups in total. The predicted octanol–water partition coefficient (Wildman–Crippen LogP) is 3.63. The van der Waals surface area contributed by atoms with E-state index in [0.29, 0.717) is 23.8 Å². The van der Waals surface area contributed by atoms with E-state index >= 15 is 0 Å². The van der Waals surface area contributed by atoms with Crippen LogP contribution in [0.3, 0.4) is 0 Å². The number of nitrogen functional groups attached to an aromatic ring is 1. The summed E-state index contributed by atoms with van der Waals surface area (Å²) < 4.78 is 7.29. The molecule has 0 aliphatic heterocycles. The quantitative estimate of drug-likeness (QED) is 0.381. The monoisotopic (exact) mass is 462 g/mol. The van der Waals surface area contributed by atoms with E-state index in [2.05, 4.69) is 39.1 Å². The number of unbranched alkanes of at least 4 members (excludes halogenated alkanes) is 1. The Bertz CT molecular complexity index is 1230. The van der Waals surface area contributed by atoms with Gasteiger partial charge in [-0.05, 0) is 38.8 Å².